The molecule has 5 nitrogen and oxygen atoms in total. The summed E-state index contributed by atoms with van der Waals surface area (Å²) in [6, 6.07) is 1.10. The minimum atomic E-state index is 0.343. The van der Waals surface area contributed by atoms with E-state index in [2.05, 4.69) is 19.9 Å². The normalized spacial score (nSPS) is 28.6. The zero-order valence-electron chi connectivity index (χ0n) is 14.0. The van der Waals surface area contributed by atoms with Crippen molar-refractivity contribution in [3.8, 4) is 0 Å². The summed E-state index contributed by atoms with van der Waals surface area (Å²) >= 11 is 0. The average molecular weight is 316 g/mol. The number of hydrogen-bond acceptors (Lipinski definition) is 4. The van der Waals surface area contributed by atoms with Crippen molar-refractivity contribution in [2.45, 2.75) is 70.0 Å². The second kappa shape index (κ2) is 5.85. The first kappa shape index (κ1) is 14.4. The van der Waals surface area contributed by atoms with Crippen molar-refractivity contribution in [3.05, 3.63) is 11.4 Å². The Morgan fingerprint density at radius 3 is 2.52 bits per heavy atom. The standard InChI is InChI=1S/C18H28N4O/c1-2-15(3-1)21-9-8-16-18(17(21)12-23-11-14-6-7-14)19-20-22(16)10-13-4-5-13/h13-15,17H,1-12H2/t17-/m1/s1. The lowest BCUT2D eigenvalue weighted by Crippen LogP contribution is -2.47. The average Bonchev–Trinajstić information content (AvgIpc) is 3.40. The first-order chi connectivity index (χ1) is 11.4. The van der Waals surface area contributed by atoms with E-state index in [1.54, 1.807) is 0 Å². The summed E-state index contributed by atoms with van der Waals surface area (Å²) in [5, 5.41) is 9.12. The molecule has 5 rings (SSSR count). The second-order valence-electron chi connectivity index (χ2n) is 8.12. The molecule has 0 aromatic carbocycles. The van der Waals surface area contributed by atoms with Gasteiger partial charge in [-0.2, -0.15) is 0 Å². The molecule has 0 saturated heterocycles. The summed E-state index contributed by atoms with van der Waals surface area (Å²) in [6.07, 6.45) is 10.7. The Morgan fingerprint density at radius 1 is 1.00 bits per heavy atom. The van der Waals surface area contributed by atoms with Crippen LogP contribution in [0.4, 0.5) is 0 Å². The van der Waals surface area contributed by atoms with Gasteiger partial charge in [0.05, 0.1) is 18.3 Å². The van der Waals surface area contributed by atoms with Gasteiger partial charge in [0.25, 0.3) is 0 Å². The third-order valence-electron chi connectivity index (χ3n) is 6.19. The fourth-order valence-corrected chi connectivity index (χ4v) is 4.06. The minimum absolute atomic E-state index is 0.343. The quantitative estimate of drug-likeness (QED) is 0.775. The van der Waals surface area contributed by atoms with E-state index >= 15 is 0 Å². The third kappa shape index (κ3) is 2.93. The van der Waals surface area contributed by atoms with E-state index in [1.165, 1.54) is 56.3 Å². The molecule has 0 amide bonds. The molecular formula is C18H28N4O. The van der Waals surface area contributed by atoms with Gasteiger partial charge in [-0.25, -0.2) is 4.68 Å². The Balaban J connectivity index is 1.34. The molecule has 23 heavy (non-hydrogen) atoms. The molecule has 4 aliphatic rings. The predicted molar refractivity (Wildman–Crippen MR) is 87.1 cm³/mol. The first-order valence-electron chi connectivity index (χ1n) is 9.64. The largest absolute Gasteiger partial charge is 0.379 e. The lowest BCUT2D eigenvalue weighted by atomic mass is 9.88. The Bertz CT molecular complexity index is 559. The Kier molecular flexibility index (Phi) is 3.66. The lowest BCUT2D eigenvalue weighted by Gasteiger charge is -2.44. The fraction of sp³-hybridized carbons (Fsp3) is 0.889. The van der Waals surface area contributed by atoms with Crippen LogP contribution in [0, 0.1) is 11.8 Å². The van der Waals surface area contributed by atoms with Gasteiger partial charge >= 0.3 is 0 Å². The van der Waals surface area contributed by atoms with Crippen molar-refractivity contribution >= 4 is 0 Å². The lowest BCUT2D eigenvalue weighted by molar-refractivity contribution is 0.00458. The highest BCUT2D eigenvalue weighted by Gasteiger charge is 2.38. The van der Waals surface area contributed by atoms with E-state index in [0.29, 0.717) is 6.04 Å². The Morgan fingerprint density at radius 2 is 1.83 bits per heavy atom. The maximum absolute atomic E-state index is 6.09. The number of fused-ring (bicyclic) bond motifs is 1. The highest BCUT2D eigenvalue weighted by Crippen LogP contribution is 2.38. The molecule has 3 fully saturated rings. The zero-order chi connectivity index (χ0) is 15.2. The van der Waals surface area contributed by atoms with Crippen LogP contribution in [0.3, 0.4) is 0 Å². The second-order valence-corrected chi connectivity index (χ2v) is 8.12. The molecule has 1 atom stereocenters. The van der Waals surface area contributed by atoms with Gasteiger partial charge in [-0.15, -0.1) is 5.10 Å². The van der Waals surface area contributed by atoms with E-state index in [1.807, 2.05) is 0 Å². The number of aromatic nitrogens is 3. The van der Waals surface area contributed by atoms with Gasteiger partial charge in [0.15, 0.2) is 0 Å². The monoisotopic (exact) mass is 316 g/mol. The number of hydrogen-bond donors (Lipinski definition) is 0. The van der Waals surface area contributed by atoms with Crippen LogP contribution in [0.15, 0.2) is 0 Å². The van der Waals surface area contributed by atoms with E-state index in [4.69, 9.17) is 4.74 Å². The molecule has 0 unspecified atom stereocenters. The summed E-state index contributed by atoms with van der Waals surface area (Å²) in [7, 11) is 0. The van der Waals surface area contributed by atoms with Gasteiger partial charge in [0.1, 0.15) is 5.69 Å². The summed E-state index contributed by atoms with van der Waals surface area (Å²) < 4.78 is 8.29. The zero-order valence-corrected chi connectivity index (χ0v) is 14.0. The Hall–Kier alpha value is -0.940. The van der Waals surface area contributed by atoms with Crippen molar-refractivity contribution in [1.82, 2.24) is 19.9 Å². The molecule has 126 valence electrons. The van der Waals surface area contributed by atoms with E-state index in [9.17, 15) is 0 Å². The van der Waals surface area contributed by atoms with Crippen LogP contribution in [0.25, 0.3) is 0 Å². The van der Waals surface area contributed by atoms with E-state index in [-0.39, 0.29) is 0 Å². The fourth-order valence-electron chi connectivity index (χ4n) is 4.06. The van der Waals surface area contributed by atoms with Crippen LogP contribution in [-0.2, 0) is 17.7 Å². The highest BCUT2D eigenvalue weighted by molar-refractivity contribution is 5.20. The van der Waals surface area contributed by atoms with Crippen molar-refractivity contribution in [3.63, 3.8) is 0 Å². The molecule has 5 heteroatoms. The van der Waals surface area contributed by atoms with Crippen LogP contribution in [-0.4, -0.2) is 45.7 Å². The highest BCUT2D eigenvalue weighted by atomic mass is 16.5. The van der Waals surface area contributed by atoms with Gasteiger partial charge < -0.3 is 4.74 Å². The number of rotatable bonds is 7. The molecular weight excluding hydrogens is 288 g/mol. The van der Waals surface area contributed by atoms with Gasteiger partial charge in [0.2, 0.25) is 0 Å². The van der Waals surface area contributed by atoms with Crippen molar-refractivity contribution in [2.75, 3.05) is 19.8 Å². The number of nitrogens with zero attached hydrogens (tertiary/aromatic N) is 4. The summed E-state index contributed by atoms with van der Waals surface area (Å²) in [4.78, 5) is 2.68. The summed E-state index contributed by atoms with van der Waals surface area (Å²) in [6.45, 7) is 4.00. The van der Waals surface area contributed by atoms with Crippen LogP contribution < -0.4 is 0 Å². The van der Waals surface area contributed by atoms with E-state index in [0.717, 1.165) is 50.6 Å². The van der Waals surface area contributed by atoms with Gasteiger partial charge in [-0.05, 0) is 50.4 Å². The van der Waals surface area contributed by atoms with Crippen LogP contribution >= 0.6 is 0 Å². The molecule has 3 aliphatic carbocycles. The molecule has 3 saturated carbocycles. The summed E-state index contributed by atoms with van der Waals surface area (Å²) in [5.74, 6) is 1.69. The smallest absolute Gasteiger partial charge is 0.105 e. The van der Waals surface area contributed by atoms with Crippen molar-refractivity contribution in [2.24, 2.45) is 11.8 Å². The Labute approximate surface area is 138 Å². The van der Waals surface area contributed by atoms with Crippen LogP contribution in [0.1, 0.15) is 62.4 Å². The van der Waals surface area contributed by atoms with Crippen molar-refractivity contribution < 1.29 is 4.74 Å². The summed E-state index contributed by atoms with van der Waals surface area (Å²) in [5.41, 5.74) is 2.62. The van der Waals surface area contributed by atoms with Gasteiger partial charge in [-0.1, -0.05) is 11.6 Å². The molecule has 0 bridgehead atoms. The first-order valence-corrected chi connectivity index (χ1v) is 9.64. The van der Waals surface area contributed by atoms with Gasteiger partial charge in [-0.3, -0.25) is 4.90 Å². The van der Waals surface area contributed by atoms with Crippen LogP contribution in [0.5, 0.6) is 0 Å². The maximum Gasteiger partial charge on any atom is 0.105 e. The molecule has 1 aromatic heterocycles. The maximum atomic E-state index is 6.09. The molecule has 2 heterocycles. The van der Waals surface area contributed by atoms with Crippen molar-refractivity contribution in [1.29, 1.82) is 0 Å². The van der Waals surface area contributed by atoms with Gasteiger partial charge in [0, 0.05) is 32.2 Å². The minimum Gasteiger partial charge on any atom is -0.379 e. The third-order valence-corrected chi connectivity index (χ3v) is 6.19. The molecule has 1 aliphatic heterocycles. The molecule has 1 aromatic rings. The molecule has 0 radical (unpaired) electrons. The predicted octanol–water partition coefficient (Wildman–Crippen LogP) is 2.57. The number of ether oxygens (including phenoxy) is 1. The SMILES string of the molecule is C1CC(N2CCc3c(nnn3CC3CC3)[C@H]2COCC2CC2)C1. The van der Waals surface area contributed by atoms with Crippen LogP contribution in [0.2, 0.25) is 0 Å². The molecule has 0 N–H and O–H groups in total. The van der Waals surface area contributed by atoms with E-state index < -0.39 is 0 Å². The topological polar surface area (TPSA) is 43.2 Å². The molecule has 0 spiro atoms.